The van der Waals surface area contributed by atoms with Crippen LogP contribution in [0.1, 0.15) is 16.1 Å². The first-order chi connectivity index (χ1) is 7.43. The van der Waals surface area contributed by atoms with Gasteiger partial charge in [0.05, 0.1) is 18.3 Å². The summed E-state index contributed by atoms with van der Waals surface area (Å²) in [6.45, 7) is 1.39. The number of rotatable bonds is 4. The predicted octanol–water partition coefficient (Wildman–Crippen LogP) is -1.10. The number of carboxylic acids is 1. The van der Waals surface area contributed by atoms with E-state index in [1.54, 1.807) is 14.0 Å². The summed E-state index contributed by atoms with van der Waals surface area (Å²) in [7, 11) is 1.69. The second kappa shape index (κ2) is 4.75. The highest BCUT2D eigenvalue weighted by Gasteiger charge is 2.17. The normalized spacial score (nSPS) is 12.2. The number of aliphatic carboxylic acids is 1. The zero-order valence-electron chi connectivity index (χ0n) is 8.97. The second-order valence-corrected chi connectivity index (χ2v) is 3.33. The van der Waals surface area contributed by atoms with Crippen LogP contribution in [-0.2, 0) is 11.8 Å². The maximum absolute atomic E-state index is 11.5. The number of aliphatic hydroxyl groups is 1. The molecular weight excluding hydrogens is 214 g/mol. The van der Waals surface area contributed by atoms with Crippen LogP contribution in [0.4, 0.5) is 0 Å². The predicted molar refractivity (Wildman–Crippen MR) is 53.9 cm³/mol. The number of hydrogen-bond acceptors (Lipinski definition) is 4. The molecule has 7 heteroatoms. The average Bonchev–Trinajstić information content (AvgIpc) is 2.55. The maximum Gasteiger partial charge on any atom is 0.334 e. The molecule has 1 aromatic heterocycles. The summed E-state index contributed by atoms with van der Waals surface area (Å²) in [6, 6.07) is 0. The molecule has 0 aliphatic rings. The topological polar surface area (TPSA) is 104 Å². The number of carbonyl (C=O) groups excluding carboxylic acids is 1. The summed E-state index contributed by atoms with van der Waals surface area (Å²) in [5, 5.41) is 23.6. The van der Waals surface area contributed by atoms with Crippen molar-refractivity contribution >= 4 is 11.9 Å². The van der Waals surface area contributed by atoms with E-state index in [9.17, 15) is 9.59 Å². The lowest BCUT2D eigenvalue weighted by Crippen LogP contribution is -2.36. The molecular formula is C9H13N3O4. The van der Waals surface area contributed by atoms with Gasteiger partial charge >= 0.3 is 5.97 Å². The van der Waals surface area contributed by atoms with E-state index >= 15 is 0 Å². The Balaban J connectivity index is 2.60. The third kappa shape index (κ3) is 2.57. The van der Waals surface area contributed by atoms with E-state index in [2.05, 4.69) is 10.4 Å². The van der Waals surface area contributed by atoms with Crippen molar-refractivity contribution in [3.8, 4) is 0 Å². The maximum atomic E-state index is 11.5. The molecule has 0 bridgehead atoms. The number of nitrogens with one attached hydrogen (secondary N) is 1. The molecule has 1 aromatic rings. The van der Waals surface area contributed by atoms with Crippen LogP contribution in [0.2, 0.25) is 0 Å². The van der Waals surface area contributed by atoms with Crippen molar-refractivity contribution in [1.29, 1.82) is 0 Å². The van der Waals surface area contributed by atoms with Gasteiger partial charge in [0, 0.05) is 12.7 Å². The van der Waals surface area contributed by atoms with Crippen LogP contribution >= 0.6 is 0 Å². The van der Waals surface area contributed by atoms with Crippen LogP contribution in [0.25, 0.3) is 0 Å². The van der Waals surface area contributed by atoms with E-state index in [-0.39, 0.29) is 6.54 Å². The van der Waals surface area contributed by atoms with E-state index < -0.39 is 18.0 Å². The van der Waals surface area contributed by atoms with Crippen LogP contribution in [0.5, 0.6) is 0 Å². The third-order valence-corrected chi connectivity index (χ3v) is 2.22. The lowest BCUT2D eigenvalue weighted by atomic mass is 10.2. The molecule has 0 aliphatic heterocycles. The largest absolute Gasteiger partial charge is 0.479 e. The smallest absolute Gasteiger partial charge is 0.334 e. The highest BCUT2D eigenvalue weighted by atomic mass is 16.4. The number of aryl methyl sites for hydroxylation is 1. The van der Waals surface area contributed by atoms with Crippen molar-refractivity contribution < 1.29 is 19.8 Å². The Morgan fingerprint density at radius 3 is 2.69 bits per heavy atom. The molecule has 1 rings (SSSR count). The molecule has 1 unspecified atom stereocenters. The Kier molecular flexibility index (Phi) is 3.62. The van der Waals surface area contributed by atoms with Crippen LogP contribution in [-0.4, -0.2) is 44.5 Å². The molecule has 0 spiro atoms. The highest BCUT2D eigenvalue weighted by molar-refractivity contribution is 5.95. The van der Waals surface area contributed by atoms with Crippen molar-refractivity contribution in [2.45, 2.75) is 13.0 Å². The highest BCUT2D eigenvalue weighted by Crippen LogP contribution is 2.04. The minimum absolute atomic E-state index is 0.331. The molecule has 16 heavy (non-hydrogen) atoms. The first-order valence-electron chi connectivity index (χ1n) is 4.61. The Bertz CT molecular complexity index is 413. The van der Waals surface area contributed by atoms with Gasteiger partial charge < -0.3 is 15.5 Å². The SMILES string of the molecule is Cc1c(C(=O)NCC(O)C(=O)O)cnn1C. The van der Waals surface area contributed by atoms with Gasteiger partial charge in [-0.15, -0.1) is 0 Å². The molecule has 1 atom stereocenters. The van der Waals surface area contributed by atoms with Gasteiger partial charge in [-0.25, -0.2) is 4.79 Å². The van der Waals surface area contributed by atoms with Crippen LogP contribution in [0.3, 0.4) is 0 Å². The second-order valence-electron chi connectivity index (χ2n) is 3.33. The molecule has 0 saturated heterocycles. The van der Waals surface area contributed by atoms with Crippen LogP contribution in [0, 0.1) is 6.92 Å². The summed E-state index contributed by atoms with van der Waals surface area (Å²) >= 11 is 0. The van der Waals surface area contributed by atoms with Gasteiger partial charge in [0.1, 0.15) is 0 Å². The molecule has 1 amide bonds. The average molecular weight is 227 g/mol. The monoisotopic (exact) mass is 227 g/mol. The summed E-state index contributed by atoms with van der Waals surface area (Å²) in [5.74, 6) is -1.82. The summed E-state index contributed by atoms with van der Waals surface area (Å²) in [5.41, 5.74) is 1.03. The minimum Gasteiger partial charge on any atom is -0.479 e. The van der Waals surface area contributed by atoms with Gasteiger partial charge in [-0.1, -0.05) is 0 Å². The van der Waals surface area contributed by atoms with Crippen LogP contribution in [0.15, 0.2) is 6.20 Å². The molecule has 88 valence electrons. The quantitative estimate of drug-likeness (QED) is 0.606. The molecule has 1 heterocycles. The number of nitrogens with zero attached hydrogens (tertiary/aromatic N) is 2. The van der Waals surface area contributed by atoms with Crippen molar-refractivity contribution in [1.82, 2.24) is 15.1 Å². The van der Waals surface area contributed by atoms with E-state index in [0.717, 1.165) is 0 Å². The van der Waals surface area contributed by atoms with Crippen molar-refractivity contribution in [2.75, 3.05) is 6.54 Å². The van der Waals surface area contributed by atoms with Crippen LogP contribution < -0.4 is 5.32 Å². The minimum atomic E-state index is -1.60. The zero-order valence-corrected chi connectivity index (χ0v) is 8.97. The lowest BCUT2D eigenvalue weighted by Gasteiger charge is -2.07. The van der Waals surface area contributed by atoms with Gasteiger partial charge in [0.2, 0.25) is 0 Å². The van der Waals surface area contributed by atoms with Crippen molar-refractivity contribution in [3.63, 3.8) is 0 Å². The standard InChI is InChI=1S/C9H13N3O4/c1-5-6(3-11-12(5)2)8(14)10-4-7(13)9(15)16/h3,7,13H,4H2,1-2H3,(H,10,14)(H,15,16). The summed E-state index contributed by atoms with van der Waals surface area (Å²) in [4.78, 5) is 21.8. The van der Waals surface area contributed by atoms with Gasteiger partial charge in [-0.05, 0) is 6.92 Å². The van der Waals surface area contributed by atoms with Gasteiger partial charge in [0.15, 0.2) is 6.10 Å². The number of aromatic nitrogens is 2. The first kappa shape index (κ1) is 12.2. The molecule has 0 saturated carbocycles. The lowest BCUT2D eigenvalue weighted by molar-refractivity contribution is -0.146. The number of hydrogen-bond donors (Lipinski definition) is 3. The molecule has 3 N–H and O–H groups in total. The molecule has 7 nitrogen and oxygen atoms in total. The van der Waals surface area contributed by atoms with Gasteiger partial charge in [-0.2, -0.15) is 5.10 Å². The molecule has 0 aromatic carbocycles. The Morgan fingerprint density at radius 2 is 2.25 bits per heavy atom. The number of carbonyl (C=O) groups is 2. The first-order valence-corrected chi connectivity index (χ1v) is 4.61. The van der Waals surface area contributed by atoms with Crippen molar-refractivity contribution in [2.24, 2.45) is 7.05 Å². The summed E-state index contributed by atoms with van der Waals surface area (Å²) < 4.78 is 1.53. The molecule has 0 radical (unpaired) electrons. The Labute approximate surface area is 91.7 Å². The number of aliphatic hydroxyl groups excluding tert-OH is 1. The van der Waals surface area contributed by atoms with E-state index in [1.165, 1.54) is 10.9 Å². The Hall–Kier alpha value is -1.89. The van der Waals surface area contributed by atoms with E-state index in [1.807, 2.05) is 0 Å². The third-order valence-electron chi connectivity index (χ3n) is 2.22. The number of carboxylic acid groups (broad SMARTS) is 1. The van der Waals surface area contributed by atoms with E-state index in [0.29, 0.717) is 11.3 Å². The van der Waals surface area contributed by atoms with E-state index in [4.69, 9.17) is 10.2 Å². The van der Waals surface area contributed by atoms with Crippen molar-refractivity contribution in [3.05, 3.63) is 17.5 Å². The fourth-order valence-corrected chi connectivity index (χ4v) is 1.09. The van der Waals surface area contributed by atoms with Gasteiger partial charge in [0.25, 0.3) is 5.91 Å². The fraction of sp³-hybridized carbons (Fsp3) is 0.444. The molecule has 0 fully saturated rings. The Morgan fingerprint density at radius 1 is 1.62 bits per heavy atom. The summed E-state index contributed by atoms with van der Waals surface area (Å²) in [6.07, 6.45) is -0.210. The van der Waals surface area contributed by atoms with Gasteiger partial charge in [-0.3, -0.25) is 9.48 Å². The zero-order chi connectivity index (χ0) is 12.3. The molecule has 0 aliphatic carbocycles. The fourth-order valence-electron chi connectivity index (χ4n) is 1.09. The number of amides is 1.